The summed E-state index contributed by atoms with van der Waals surface area (Å²) in [5.41, 5.74) is 0. The van der Waals surface area contributed by atoms with Crippen molar-refractivity contribution in [2.45, 2.75) is 37.8 Å². The lowest BCUT2D eigenvalue weighted by molar-refractivity contribution is -0.120. The lowest BCUT2D eigenvalue weighted by Gasteiger charge is -2.30. The second kappa shape index (κ2) is 7.10. The van der Waals surface area contributed by atoms with Gasteiger partial charge < -0.3 is 15.1 Å². The molecular formula is C14H23N5O6S. The minimum atomic E-state index is -4.80. The van der Waals surface area contributed by atoms with Gasteiger partial charge in [0.15, 0.2) is 0 Å². The summed E-state index contributed by atoms with van der Waals surface area (Å²) in [5.74, 6) is -0.0763. The topological polar surface area (TPSA) is 143 Å². The van der Waals surface area contributed by atoms with Gasteiger partial charge in [-0.2, -0.15) is 13.5 Å². The molecular weight excluding hydrogens is 366 g/mol. The average molecular weight is 389 g/mol. The van der Waals surface area contributed by atoms with Crippen molar-refractivity contribution in [3.8, 4) is 0 Å². The van der Waals surface area contributed by atoms with E-state index in [4.69, 9.17) is 9.96 Å². The molecule has 3 amide bonds. The molecule has 0 aromatic carbocycles. The lowest BCUT2D eigenvalue weighted by Crippen LogP contribution is -2.51. The molecule has 0 radical (unpaired) electrons. The van der Waals surface area contributed by atoms with Gasteiger partial charge in [0.1, 0.15) is 5.84 Å². The third-order valence-electron chi connectivity index (χ3n) is 5.07. The predicted octanol–water partition coefficient (Wildman–Crippen LogP) is -0.575. The summed E-state index contributed by atoms with van der Waals surface area (Å²) in [6.07, 6.45) is 2.06. The van der Waals surface area contributed by atoms with Gasteiger partial charge in [0.25, 0.3) is 0 Å². The Morgan fingerprint density at radius 1 is 1.35 bits per heavy atom. The molecule has 12 heteroatoms. The van der Waals surface area contributed by atoms with E-state index in [1.165, 1.54) is 4.90 Å². The Morgan fingerprint density at radius 3 is 2.69 bits per heavy atom. The molecule has 2 bridgehead atoms. The predicted molar refractivity (Wildman–Crippen MR) is 89.5 cm³/mol. The normalized spacial score (nSPS) is 29.3. The summed E-state index contributed by atoms with van der Waals surface area (Å²) in [5, 5.41) is 11.3. The highest BCUT2D eigenvalue weighted by atomic mass is 32.3. The average Bonchev–Trinajstić information content (AvgIpc) is 3.03. The molecule has 3 N–H and O–H groups in total. The maximum Gasteiger partial charge on any atom is 0.418 e. The van der Waals surface area contributed by atoms with Gasteiger partial charge in [-0.15, -0.1) is 4.28 Å². The lowest BCUT2D eigenvalue weighted by atomic mass is 9.99. The Morgan fingerprint density at radius 2 is 2.08 bits per heavy atom. The Hall–Kier alpha value is -1.76. The highest BCUT2D eigenvalue weighted by Gasteiger charge is 2.48. The van der Waals surface area contributed by atoms with E-state index in [9.17, 15) is 18.0 Å². The number of amidine groups is 1. The van der Waals surface area contributed by atoms with Crippen LogP contribution in [0.4, 0.5) is 4.79 Å². The number of rotatable bonds is 5. The standard InChI is InChI=1S/C14H23N5O6S/c1-17-5-4-9(7-17)6-12(20)16-13(15)11-3-2-10-8-18(11)14(21)19(10)25-26(22,23)24/h9-11H,2-8H2,1H3,(H2,15,16,20)(H,22,23,24)/t9?,10-,11+/m1/s1. The highest BCUT2D eigenvalue weighted by Crippen LogP contribution is 2.30. The largest absolute Gasteiger partial charge is 0.418 e. The molecule has 0 aromatic rings. The first-order chi connectivity index (χ1) is 12.1. The van der Waals surface area contributed by atoms with Crippen LogP contribution in [0.5, 0.6) is 0 Å². The molecule has 3 saturated heterocycles. The molecule has 0 spiro atoms. The number of hydroxylamine groups is 2. The van der Waals surface area contributed by atoms with Gasteiger partial charge in [0.05, 0.1) is 12.1 Å². The first-order valence-corrected chi connectivity index (χ1v) is 9.84. The second-order valence-corrected chi connectivity index (χ2v) is 8.10. The smallest absolute Gasteiger partial charge is 0.313 e. The molecule has 0 aromatic heterocycles. The molecule has 11 nitrogen and oxygen atoms in total. The Bertz CT molecular complexity index is 713. The zero-order valence-electron chi connectivity index (χ0n) is 14.4. The molecule has 26 heavy (non-hydrogen) atoms. The van der Waals surface area contributed by atoms with E-state index in [1.54, 1.807) is 0 Å². The van der Waals surface area contributed by atoms with E-state index in [1.807, 2.05) is 7.05 Å². The number of hydrogen-bond acceptors (Lipinski definition) is 7. The minimum Gasteiger partial charge on any atom is -0.313 e. The van der Waals surface area contributed by atoms with Crippen LogP contribution in [0.15, 0.2) is 0 Å². The number of likely N-dealkylation sites (tertiary alicyclic amines) is 1. The zero-order valence-corrected chi connectivity index (χ0v) is 15.2. The molecule has 3 atom stereocenters. The third kappa shape index (κ3) is 4.14. The van der Waals surface area contributed by atoms with Gasteiger partial charge in [-0.05, 0) is 38.8 Å². The minimum absolute atomic E-state index is 0.0816. The Kier molecular flexibility index (Phi) is 5.19. The number of hydrogen-bond donors (Lipinski definition) is 3. The van der Waals surface area contributed by atoms with Gasteiger partial charge in [-0.1, -0.05) is 0 Å². The van der Waals surface area contributed by atoms with Crippen molar-refractivity contribution in [3.63, 3.8) is 0 Å². The number of nitrogens with one attached hydrogen (secondary N) is 2. The number of amides is 3. The van der Waals surface area contributed by atoms with Crippen LogP contribution in [-0.2, 0) is 19.5 Å². The van der Waals surface area contributed by atoms with Gasteiger partial charge in [0, 0.05) is 19.5 Å². The molecule has 1 unspecified atom stereocenters. The van der Waals surface area contributed by atoms with Crippen LogP contribution < -0.4 is 5.32 Å². The summed E-state index contributed by atoms with van der Waals surface area (Å²) in [4.78, 5) is 27.9. The zero-order chi connectivity index (χ0) is 19.1. The number of carbonyl (C=O) groups excluding carboxylic acids is 2. The van der Waals surface area contributed by atoms with E-state index in [0.29, 0.717) is 24.3 Å². The quantitative estimate of drug-likeness (QED) is 0.324. The molecule has 3 rings (SSSR count). The Labute approximate surface area is 151 Å². The van der Waals surface area contributed by atoms with Crippen molar-refractivity contribution in [1.29, 1.82) is 5.41 Å². The fourth-order valence-electron chi connectivity index (χ4n) is 3.87. The van der Waals surface area contributed by atoms with Gasteiger partial charge in [-0.3, -0.25) is 14.8 Å². The monoisotopic (exact) mass is 389 g/mol. The molecule has 3 heterocycles. The number of piperidine rings is 1. The van der Waals surface area contributed by atoms with Crippen LogP contribution in [0.1, 0.15) is 25.7 Å². The highest BCUT2D eigenvalue weighted by molar-refractivity contribution is 7.80. The summed E-state index contributed by atoms with van der Waals surface area (Å²) in [6, 6.07) is -1.91. The SMILES string of the molecule is CN1CCC(CC(=O)NC(=N)[C@@H]2CC[C@@H]3CN2C(=O)N3OS(=O)(=O)O)C1. The molecule has 0 aliphatic carbocycles. The van der Waals surface area contributed by atoms with E-state index >= 15 is 0 Å². The van der Waals surface area contributed by atoms with Crippen molar-refractivity contribution in [2.24, 2.45) is 5.92 Å². The van der Waals surface area contributed by atoms with Crippen LogP contribution in [-0.4, -0.2) is 84.4 Å². The van der Waals surface area contributed by atoms with Crippen molar-refractivity contribution in [3.05, 3.63) is 0 Å². The van der Waals surface area contributed by atoms with Crippen LogP contribution in [0.3, 0.4) is 0 Å². The van der Waals surface area contributed by atoms with E-state index in [2.05, 4.69) is 14.5 Å². The van der Waals surface area contributed by atoms with Gasteiger partial charge in [-0.25, -0.2) is 4.79 Å². The van der Waals surface area contributed by atoms with Gasteiger partial charge in [0.2, 0.25) is 5.91 Å². The molecule has 146 valence electrons. The van der Waals surface area contributed by atoms with Crippen LogP contribution in [0.2, 0.25) is 0 Å². The van der Waals surface area contributed by atoms with Crippen LogP contribution in [0, 0.1) is 11.3 Å². The fraction of sp³-hybridized carbons (Fsp3) is 0.786. The molecule has 3 aliphatic rings. The summed E-state index contributed by atoms with van der Waals surface area (Å²) in [7, 11) is -2.80. The van der Waals surface area contributed by atoms with E-state index in [-0.39, 0.29) is 24.2 Å². The number of nitrogens with zero attached hydrogens (tertiary/aromatic N) is 3. The maximum atomic E-state index is 12.3. The van der Waals surface area contributed by atoms with E-state index in [0.717, 1.165) is 19.5 Å². The summed E-state index contributed by atoms with van der Waals surface area (Å²) >= 11 is 0. The van der Waals surface area contributed by atoms with Crippen molar-refractivity contribution < 1.29 is 26.8 Å². The van der Waals surface area contributed by atoms with Crippen molar-refractivity contribution >= 4 is 28.2 Å². The number of carbonyl (C=O) groups is 2. The van der Waals surface area contributed by atoms with Crippen molar-refractivity contribution in [2.75, 3.05) is 26.7 Å². The van der Waals surface area contributed by atoms with Gasteiger partial charge >= 0.3 is 16.4 Å². The summed E-state index contributed by atoms with van der Waals surface area (Å²) in [6.45, 7) is 1.97. The van der Waals surface area contributed by atoms with Crippen LogP contribution >= 0.6 is 0 Å². The van der Waals surface area contributed by atoms with E-state index < -0.39 is 28.5 Å². The molecule has 3 fully saturated rings. The fourth-order valence-corrected chi connectivity index (χ4v) is 4.26. The van der Waals surface area contributed by atoms with Crippen molar-refractivity contribution in [1.82, 2.24) is 20.2 Å². The first kappa shape index (κ1) is 19.0. The van der Waals surface area contributed by atoms with Crippen LogP contribution in [0.25, 0.3) is 0 Å². The molecule has 3 aliphatic heterocycles. The second-order valence-electron chi connectivity index (χ2n) is 7.09. The maximum absolute atomic E-state index is 12.3. The Balaban J connectivity index is 1.57. The first-order valence-electron chi connectivity index (χ1n) is 8.47. The third-order valence-corrected chi connectivity index (χ3v) is 5.42. The summed E-state index contributed by atoms with van der Waals surface area (Å²) < 4.78 is 34.9. The number of urea groups is 1. The number of fused-ring (bicyclic) bond motifs is 2. The molecule has 0 saturated carbocycles.